The number of nitrogens with one attached hydrogen (secondary N) is 2. The van der Waals surface area contributed by atoms with Gasteiger partial charge in [0.25, 0.3) is 0 Å². The second kappa shape index (κ2) is 6.36. The number of hydrogen-bond donors (Lipinski definition) is 3. The molecule has 98 valence electrons. The second-order valence-electron chi connectivity index (χ2n) is 5.38. The fraction of sp³-hybridized carbons (Fsp3) is 0.923. The number of amides is 1. The average molecular weight is 239 g/mol. The van der Waals surface area contributed by atoms with Crippen LogP contribution < -0.4 is 16.4 Å². The van der Waals surface area contributed by atoms with E-state index in [1.54, 1.807) is 0 Å². The van der Waals surface area contributed by atoms with E-state index in [-0.39, 0.29) is 11.9 Å². The lowest BCUT2D eigenvalue weighted by Gasteiger charge is -2.39. The minimum Gasteiger partial charge on any atom is -0.355 e. The molecule has 2 aliphatic rings. The monoisotopic (exact) mass is 239 g/mol. The van der Waals surface area contributed by atoms with Crippen LogP contribution in [0.15, 0.2) is 0 Å². The molecule has 1 saturated heterocycles. The summed E-state index contributed by atoms with van der Waals surface area (Å²) in [6.07, 6.45) is 8.36. The van der Waals surface area contributed by atoms with Crippen LogP contribution in [-0.4, -0.2) is 31.1 Å². The molecule has 4 N–H and O–H groups in total. The molecule has 0 aromatic rings. The minimum absolute atomic E-state index is 0.0344. The molecule has 3 unspecified atom stereocenters. The Balaban J connectivity index is 1.76. The zero-order valence-electron chi connectivity index (χ0n) is 10.6. The molecule has 0 aromatic carbocycles. The molecule has 1 heterocycles. The second-order valence-corrected chi connectivity index (χ2v) is 5.38. The maximum Gasteiger partial charge on any atom is 0.237 e. The average Bonchev–Trinajstić information content (AvgIpc) is 2.38. The van der Waals surface area contributed by atoms with E-state index in [1.807, 2.05) is 0 Å². The zero-order chi connectivity index (χ0) is 12.1. The van der Waals surface area contributed by atoms with E-state index in [0.717, 1.165) is 18.8 Å². The Bertz CT molecular complexity index is 257. The lowest BCUT2D eigenvalue weighted by atomic mass is 9.77. The number of rotatable bonds is 4. The van der Waals surface area contributed by atoms with E-state index in [2.05, 4.69) is 10.6 Å². The summed E-state index contributed by atoms with van der Waals surface area (Å²) in [5.74, 6) is 0.985. The molecular formula is C13H25N3O. The number of hydrogen-bond acceptors (Lipinski definition) is 3. The summed E-state index contributed by atoms with van der Waals surface area (Å²) in [6, 6.07) is 0.620. The molecule has 1 saturated carbocycles. The van der Waals surface area contributed by atoms with Crippen LogP contribution in [0.25, 0.3) is 0 Å². The predicted molar refractivity (Wildman–Crippen MR) is 68.6 cm³/mol. The smallest absolute Gasteiger partial charge is 0.237 e. The van der Waals surface area contributed by atoms with Crippen molar-refractivity contribution in [2.24, 2.45) is 11.7 Å². The summed E-state index contributed by atoms with van der Waals surface area (Å²) < 4.78 is 0. The van der Waals surface area contributed by atoms with Crippen molar-refractivity contribution in [3.8, 4) is 0 Å². The Morgan fingerprint density at radius 2 is 2.06 bits per heavy atom. The van der Waals surface area contributed by atoms with Gasteiger partial charge in [0.1, 0.15) is 0 Å². The summed E-state index contributed by atoms with van der Waals surface area (Å²) >= 11 is 0. The molecule has 4 heteroatoms. The normalized spacial score (nSPS) is 32.9. The molecule has 0 aromatic heterocycles. The lowest BCUT2D eigenvalue weighted by Crippen LogP contribution is -2.55. The Morgan fingerprint density at radius 3 is 2.88 bits per heavy atom. The number of piperidine rings is 1. The fourth-order valence-corrected chi connectivity index (χ4v) is 3.14. The minimum atomic E-state index is 0.0344. The fourth-order valence-electron chi connectivity index (χ4n) is 3.14. The molecule has 0 bridgehead atoms. The Hall–Kier alpha value is -0.610. The molecule has 1 aliphatic heterocycles. The molecular weight excluding hydrogens is 214 g/mol. The van der Waals surface area contributed by atoms with E-state index in [0.29, 0.717) is 19.1 Å². The SMILES string of the molecule is NCCCNC(=O)C1CCC2CCCCC2N1. The Morgan fingerprint density at radius 1 is 1.24 bits per heavy atom. The van der Waals surface area contributed by atoms with Gasteiger partial charge >= 0.3 is 0 Å². The van der Waals surface area contributed by atoms with Crippen molar-refractivity contribution in [2.45, 2.75) is 57.0 Å². The predicted octanol–water partition coefficient (Wildman–Crippen LogP) is 0.762. The summed E-state index contributed by atoms with van der Waals surface area (Å²) in [5, 5.41) is 6.51. The van der Waals surface area contributed by atoms with Crippen molar-refractivity contribution in [3.63, 3.8) is 0 Å². The van der Waals surface area contributed by atoms with E-state index in [1.165, 1.54) is 32.1 Å². The van der Waals surface area contributed by atoms with E-state index >= 15 is 0 Å². The van der Waals surface area contributed by atoms with Gasteiger partial charge in [0.15, 0.2) is 0 Å². The Kier molecular flexibility index (Phi) is 4.80. The molecule has 4 nitrogen and oxygen atoms in total. The van der Waals surface area contributed by atoms with Crippen molar-refractivity contribution in [1.29, 1.82) is 0 Å². The molecule has 2 rings (SSSR count). The van der Waals surface area contributed by atoms with Crippen molar-refractivity contribution in [3.05, 3.63) is 0 Å². The Labute approximate surface area is 104 Å². The van der Waals surface area contributed by atoms with Gasteiger partial charge in [-0.05, 0) is 44.6 Å². The highest BCUT2D eigenvalue weighted by Gasteiger charge is 2.34. The maximum absolute atomic E-state index is 11.9. The van der Waals surface area contributed by atoms with Gasteiger partial charge in [-0.3, -0.25) is 4.79 Å². The standard InChI is InChI=1S/C13H25N3O/c14-8-3-9-15-13(17)12-7-6-10-4-1-2-5-11(10)16-12/h10-12,16H,1-9,14H2,(H,15,17). The van der Waals surface area contributed by atoms with E-state index in [9.17, 15) is 4.79 Å². The lowest BCUT2D eigenvalue weighted by molar-refractivity contribution is -0.124. The third-order valence-electron chi connectivity index (χ3n) is 4.15. The molecule has 0 radical (unpaired) electrons. The van der Waals surface area contributed by atoms with Gasteiger partial charge in [-0.1, -0.05) is 12.8 Å². The summed E-state index contributed by atoms with van der Waals surface area (Å²) in [7, 11) is 0. The zero-order valence-corrected chi connectivity index (χ0v) is 10.6. The molecule has 3 atom stereocenters. The summed E-state index contributed by atoms with van der Waals surface area (Å²) in [4.78, 5) is 11.9. The van der Waals surface area contributed by atoms with Crippen LogP contribution in [0, 0.1) is 5.92 Å². The molecule has 2 fully saturated rings. The van der Waals surface area contributed by atoms with Gasteiger partial charge in [-0.25, -0.2) is 0 Å². The maximum atomic E-state index is 11.9. The first-order chi connectivity index (χ1) is 8.31. The quantitative estimate of drug-likeness (QED) is 0.635. The third-order valence-corrected chi connectivity index (χ3v) is 4.15. The van der Waals surface area contributed by atoms with Crippen molar-refractivity contribution in [2.75, 3.05) is 13.1 Å². The van der Waals surface area contributed by atoms with Crippen LogP contribution in [0.3, 0.4) is 0 Å². The number of carbonyl (C=O) groups excluding carboxylic acids is 1. The van der Waals surface area contributed by atoms with Crippen LogP contribution in [0.5, 0.6) is 0 Å². The highest BCUT2D eigenvalue weighted by atomic mass is 16.2. The number of fused-ring (bicyclic) bond motifs is 1. The molecule has 17 heavy (non-hydrogen) atoms. The first kappa shape index (κ1) is 12.8. The van der Waals surface area contributed by atoms with Gasteiger partial charge in [0, 0.05) is 12.6 Å². The van der Waals surface area contributed by atoms with Crippen LogP contribution in [0.2, 0.25) is 0 Å². The molecule has 1 aliphatic carbocycles. The van der Waals surface area contributed by atoms with Crippen LogP contribution in [-0.2, 0) is 4.79 Å². The summed E-state index contributed by atoms with van der Waals surface area (Å²) in [5.41, 5.74) is 5.41. The van der Waals surface area contributed by atoms with Crippen molar-refractivity contribution >= 4 is 5.91 Å². The highest BCUT2D eigenvalue weighted by molar-refractivity contribution is 5.81. The van der Waals surface area contributed by atoms with Gasteiger partial charge in [-0.15, -0.1) is 0 Å². The highest BCUT2D eigenvalue weighted by Crippen LogP contribution is 2.32. The van der Waals surface area contributed by atoms with Gasteiger partial charge in [-0.2, -0.15) is 0 Å². The van der Waals surface area contributed by atoms with Crippen LogP contribution in [0.4, 0.5) is 0 Å². The van der Waals surface area contributed by atoms with Gasteiger partial charge < -0.3 is 16.4 Å². The summed E-state index contributed by atoms with van der Waals surface area (Å²) in [6.45, 7) is 1.35. The largest absolute Gasteiger partial charge is 0.355 e. The van der Waals surface area contributed by atoms with Crippen LogP contribution >= 0.6 is 0 Å². The van der Waals surface area contributed by atoms with Crippen LogP contribution in [0.1, 0.15) is 44.9 Å². The first-order valence-corrected chi connectivity index (χ1v) is 7.05. The topological polar surface area (TPSA) is 67.1 Å². The third kappa shape index (κ3) is 3.42. The van der Waals surface area contributed by atoms with Gasteiger partial charge in [0.05, 0.1) is 6.04 Å². The van der Waals surface area contributed by atoms with Crippen molar-refractivity contribution < 1.29 is 4.79 Å². The van der Waals surface area contributed by atoms with Gasteiger partial charge in [0.2, 0.25) is 5.91 Å². The van der Waals surface area contributed by atoms with Crippen molar-refractivity contribution in [1.82, 2.24) is 10.6 Å². The first-order valence-electron chi connectivity index (χ1n) is 7.05. The molecule has 0 spiro atoms. The number of nitrogens with two attached hydrogens (primary N) is 1. The van der Waals surface area contributed by atoms with E-state index < -0.39 is 0 Å². The number of carbonyl (C=O) groups is 1. The molecule has 1 amide bonds. The van der Waals surface area contributed by atoms with E-state index in [4.69, 9.17) is 5.73 Å².